The molecular weight excluding hydrogens is 1980 g/mol. The van der Waals surface area contributed by atoms with Gasteiger partial charge in [-0.15, -0.1) is 90.1 Å². The number of rotatable bonds is 63. The molecule has 0 N–H and O–H groups in total. The molecule has 13 rings (SSSR count). The van der Waals surface area contributed by atoms with E-state index in [1.165, 1.54) is 332 Å². The molecule has 8 nitrogen and oxygen atoms in total. The maximum absolute atomic E-state index is 13.6. The van der Waals surface area contributed by atoms with E-state index in [2.05, 4.69) is 188 Å². The SMILES string of the molecule is CCCCCCCCCCC(CCCCCCCC)c1c2nc(c(C#Cc3cc(CCCCCC)c(-c4ccc(-c5sc(/C=C6\SC(=S)N(CC)C6=O)cc5CCCCCC)s4)s3)c3ccc([n-]3)c(C(CCCCCCCC)CCCCCCCCCC)c3nc(c(C#CCc4cc(CCCCCC)c(-c5ccc(-c6sc(/C=C7\SC(=S)N(CC)C7=O)cc6CCCCCC)s5)s4)c4ccc1[n-]4)C=C3)C=C2.[Zn+2]. The number of hydrogen-bond donors (Lipinski definition) is 0. The summed E-state index contributed by atoms with van der Waals surface area (Å²) in [6, 6.07) is 28.3. The molecule has 9 aromatic heterocycles. The molecule has 0 spiro atoms. The second-order valence-electron chi connectivity index (χ2n) is 39.7. The number of fused-ring (bicyclic) bond motifs is 8. The van der Waals surface area contributed by atoms with Gasteiger partial charge in [0.25, 0.3) is 11.8 Å². The van der Waals surface area contributed by atoms with Crippen LogP contribution in [-0.4, -0.2) is 53.3 Å². The standard InChI is InChI=1S/C123H161N6O2S10.Zn/c1-11-21-29-37-41-43-47-55-60-88(58-53-45-39-31-23-13-3)114-104-74-70-100(124-104)98(67-57-66-94-82-90(62-49-33-25-15-5)116(134-94)108-78-80-110(138-108)118-92(64-51-35-27-17-7)84-96(136-118)86-112-120(130)128(19-9)122(132)140-112)101-71-75-105(125-101)115(89(59-54-46-40-32-24-14-4)61-56-48-44-42-38-30-22-12-2)107-77-73-103(127-107)99(102-72-76-106(114)126-102)69-68-95-83-91(63-50-34-26-16-6)117(135-95)109-79-81-111(139-109)119-93(65-52-36-28-18-8)85-97(137-119)87-113-121(131)129(20-10)123(133)141-113;/h70-89H,11-56,58-66H2,1-10H3,(H-,124,125,126,127,131);/q-1;+2/p-1/b100-98?,101-98?,102-99?,103-99?,112-86-,114-104?,114-106?,115-105?,115-107?;. The summed E-state index contributed by atoms with van der Waals surface area (Å²) in [6.07, 6.45) is 76.5. The molecule has 0 saturated carbocycles. The van der Waals surface area contributed by atoms with Crippen molar-refractivity contribution in [1.82, 2.24) is 29.7 Å². The Morgan fingerprint density at radius 3 is 1.01 bits per heavy atom. The van der Waals surface area contributed by atoms with Gasteiger partial charge in [0, 0.05) is 84.3 Å². The number of nitrogens with zero attached hydrogens (tertiary/aromatic N) is 6. The molecule has 8 bridgehead atoms. The normalized spacial score (nSPS) is 14.1. The second-order valence-corrected chi connectivity index (χ2v) is 49.5. The third-order valence-corrected chi connectivity index (χ3v) is 38.6. The van der Waals surface area contributed by atoms with Gasteiger partial charge in [-0.2, -0.15) is 0 Å². The first-order chi connectivity index (χ1) is 69.2. The third-order valence-electron chi connectivity index (χ3n) is 28.5. The fourth-order valence-electron chi connectivity index (χ4n) is 20.4. The van der Waals surface area contributed by atoms with Gasteiger partial charge in [-0.05, 0) is 221 Å². The number of amides is 2. The summed E-state index contributed by atoms with van der Waals surface area (Å²) >= 11 is 25.5. The number of thioether (sulfide) groups is 2. The number of unbranched alkanes of at least 4 members (excludes halogenated alkanes) is 36. The van der Waals surface area contributed by atoms with Crippen LogP contribution in [0.2, 0.25) is 0 Å². The van der Waals surface area contributed by atoms with E-state index in [1.807, 2.05) is 81.9 Å². The van der Waals surface area contributed by atoms with Crippen molar-refractivity contribution in [2.45, 2.75) is 421 Å². The van der Waals surface area contributed by atoms with Gasteiger partial charge in [-0.3, -0.25) is 19.4 Å². The van der Waals surface area contributed by atoms with E-state index < -0.39 is 0 Å². The largest absolute Gasteiger partial charge is 2.00 e. The molecule has 13 heterocycles. The van der Waals surface area contributed by atoms with Crippen LogP contribution in [0.5, 0.6) is 0 Å². The number of hydrogen-bond acceptors (Lipinski definition) is 14. The van der Waals surface area contributed by atoms with Gasteiger partial charge < -0.3 is 9.97 Å². The van der Waals surface area contributed by atoms with Crippen LogP contribution in [0.4, 0.5) is 0 Å². The number of thiophene rings is 6. The van der Waals surface area contributed by atoms with Crippen LogP contribution < -0.4 is 9.97 Å². The molecule has 2 fully saturated rings. The maximum atomic E-state index is 13.6. The predicted molar refractivity (Wildman–Crippen MR) is 634 cm³/mol. The maximum Gasteiger partial charge on any atom is 2.00 e. The van der Waals surface area contributed by atoms with Crippen molar-refractivity contribution in [3.8, 4) is 62.7 Å². The molecule has 2 saturated heterocycles. The molecule has 0 radical (unpaired) electrons. The Morgan fingerprint density at radius 2 is 0.648 bits per heavy atom. The van der Waals surface area contributed by atoms with Crippen LogP contribution in [-0.2, 0) is 61.2 Å². The number of likely N-dealkylation sites (N-methyl/N-ethyl adjacent to an activating group) is 2. The van der Waals surface area contributed by atoms with Crippen LogP contribution in [0.15, 0.2) is 82.6 Å². The molecule has 9 aromatic rings. The van der Waals surface area contributed by atoms with Crippen LogP contribution in [0.1, 0.15) is 476 Å². The van der Waals surface area contributed by atoms with Gasteiger partial charge in [-0.1, -0.05) is 408 Å². The molecule has 0 aliphatic carbocycles. The Morgan fingerprint density at radius 1 is 0.338 bits per heavy atom. The fraction of sp³-hybridized carbons (Fsp3) is 0.545. The van der Waals surface area contributed by atoms with E-state index in [4.69, 9.17) is 44.4 Å². The molecule has 2 amide bonds. The Labute approximate surface area is 911 Å². The molecule has 142 heavy (non-hydrogen) atoms. The molecular formula is C123H160N6O2S10Zn. The predicted octanol–water partition coefficient (Wildman–Crippen LogP) is 39.6. The summed E-state index contributed by atoms with van der Waals surface area (Å²) < 4.78 is 1.28. The molecule has 2 unspecified atom stereocenters. The zero-order valence-electron chi connectivity index (χ0n) is 87.7. The summed E-state index contributed by atoms with van der Waals surface area (Å²) in [5, 5.41) is 0. The van der Waals surface area contributed by atoms with Gasteiger partial charge in [0.1, 0.15) is 8.64 Å². The summed E-state index contributed by atoms with van der Waals surface area (Å²) in [7, 11) is 0. The van der Waals surface area contributed by atoms with Crippen molar-refractivity contribution in [3.63, 3.8) is 0 Å². The average molecular weight is 2140 g/mol. The molecule has 4 aliphatic heterocycles. The smallest absolute Gasteiger partial charge is 0.656 e. The Balaban J connectivity index is 0.0000180. The molecule has 19 heteroatoms. The van der Waals surface area contributed by atoms with E-state index in [9.17, 15) is 9.59 Å². The van der Waals surface area contributed by atoms with Crippen molar-refractivity contribution >= 4 is 195 Å². The van der Waals surface area contributed by atoms with Gasteiger partial charge in [0.2, 0.25) is 0 Å². The zero-order chi connectivity index (χ0) is 98.9. The summed E-state index contributed by atoms with van der Waals surface area (Å²) in [5.74, 6) is 16.3. The van der Waals surface area contributed by atoms with Crippen LogP contribution in [0.25, 0.3) is 97.5 Å². The van der Waals surface area contributed by atoms with Crippen LogP contribution >= 0.6 is 116 Å². The topological polar surface area (TPSA) is 94.6 Å². The Kier molecular flexibility index (Phi) is 50.3. The van der Waals surface area contributed by atoms with Crippen LogP contribution in [0.3, 0.4) is 0 Å². The number of carbonyl (C=O) groups excluding carboxylic acids is 2. The van der Waals surface area contributed by atoms with E-state index in [1.54, 1.807) is 9.80 Å². The average Bonchev–Trinajstić information content (AvgIpc) is 1.63. The van der Waals surface area contributed by atoms with E-state index in [0.29, 0.717) is 33.1 Å². The minimum Gasteiger partial charge on any atom is -0.656 e. The fourth-order valence-corrected chi connectivity index (χ4v) is 30.5. The first kappa shape index (κ1) is 115. The summed E-state index contributed by atoms with van der Waals surface area (Å²) in [5.41, 5.74) is 17.2. The van der Waals surface area contributed by atoms with E-state index in [0.717, 1.165) is 178 Å². The summed E-state index contributed by atoms with van der Waals surface area (Å²) in [4.78, 5) is 71.1. The van der Waals surface area contributed by atoms with Crippen molar-refractivity contribution in [2.24, 2.45) is 0 Å². The van der Waals surface area contributed by atoms with Crippen molar-refractivity contribution < 1.29 is 29.1 Å². The third kappa shape index (κ3) is 33.2. The van der Waals surface area contributed by atoms with Gasteiger partial charge in [-0.25, -0.2) is 9.97 Å². The van der Waals surface area contributed by atoms with Crippen molar-refractivity contribution in [3.05, 3.63) is 169 Å². The second kappa shape index (κ2) is 62.3. The van der Waals surface area contributed by atoms with E-state index >= 15 is 0 Å². The molecule has 4 aliphatic rings. The number of carbonyl (C=O) groups is 2. The molecule has 0 aromatic carbocycles. The van der Waals surface area contributed by atoms with Gasteiger partial charge >= 0.3 is 19.5 Å². The minimum atomic E-state index is 0. The number of thiocarbonyl (C=S) groups is 2. The van der Waals surface area contributed by atoms with Crippen LogP contribution in [0, 0.1) is 23.7 Å². The first-order valence-corrected chi connectivity index (χ1v) is 62.8. The Bertz CT molecular complexity index is 5940. The number of aryl methyl sites for hydroxylation is 4. The summed E-state index contributed by atoms with van der Waals surface area (Å²) in [6.45, 7) is 23.7. The van der Waals surface area contributed by atoms with Gasteiger partial charge in [0.15, 0.2) is 0 Å². The van der Waals surface area contributed by atoms with Crippen molar-refractivity contribution in [2.75, 3.05) is 13.1 Å². The monoisotopic (exact) mass is 2140 g/mol. The van der Waals surface area contributed by atoms with E-state index in [-0.39, 0.29) is 43.1 Å². The zero-order valence-corrected chi connectivity index (χ0v) is 98.9. The first-order valence-electron chi connectivity index (χ1n) is 55.5. The molecule has 756 valence electrons. The Hall–Kier alpha value is -6.16. The van der Waals surface area contributed by atoms with Gasteiger partial charge in [0.05, 0.1) is 37.5 Å². The molecule has 2 atom stereocenters. The minimum absolute atomic E-state index is 0. The van der Waals surface area contributed by atoms with Crippen molar-refractivity contribution in [1.29, 1.82) is 0 Å². The number of aromatic nitrogens is 4. The quantitative estimate of drug-likeness (QED) is 0.0121.